The van der Waals surface area contributed by atoms with Gasteiger partial charge in [-0.25, -0.2) is 0 Å². The van der Waals surface area contributed by atoms with Gasteiger partial charge in [-0.2, -0.15) is 0 Å². The van der Waals surface area contributed by atoms with Gasteiger partial charge in [0.15, 0.2) is 0 Å². The first-order chi connectivity index (χ1) is 13.0. The second kappa shape index (κ2) is 7.19. The molecule has 7 heteroatoms. The van der Waals surface area contributed by atoms with Crippen LogP contribution in [0.1, 0.15) is 42.5 Å². The number of aromatic nitrogens is 3. The predicted octanol–water partition coefficient (Wildman–Crippen LogP) is 4.71. The number of hydrogen-bond acceptors (Lipinski definition) is 4. The molecule has 1 saturated carbocycles. The summed E-state index contributed by atoms with van der Waals surface area (Å²) in [6, 6.07) is 9.09. The van der Waals surface area contributed by atoms with Gasteiger partial charge in [0.1, 0.15) is 6.54 Å². The number of amides is 1. The van der Waals surface area contributed by atoms with Gasteiger partial charge >= 0.3 is 0 Å². The molecular weight excluding hydrogens is 364 g/mol. The van der Waals surface area contributed by atoms with Crippen molar-refractivity contribution in [3.05, 3.63) is 52.6 Å². The summed E-state index contributed by atoms with van der Waals surface area (Å²) in [7, 11) is 0. The van der Waals surface area contributed by atoms with Crippen LogP contribution >= 0.6 is 11.6 Å². The van der Waals surface area contributed by atoms with Crippen molar-refractivity contribution in [2.45, 2.75) is 45.6 Å². The minimum absolute atomic E-state index is 0.119. The van der Waals surface area contributed by atoms with Crippen LogP contribution in [-0.4, -0.2) is 20.7 Å². The van der Waals surface area contributed by atoms with E-state index in [1.807, 2.05) is 30.5 Å². The molecule has 0 spiro atoms. The minimum Gasteiger partial charge on any atom is -0.420 e. The fraction of sp³-hybridized carbons (Fsp3) is 0.350. The van der Waals surface area contributed by atoms with Crippen LogP contribution in [0.3, 0.4) is 0 Å². The molecule has 0 unspecified atom stereocenters. The van der Waals surface area contributed by atoms with E-state index in [9.17, 15) is 4.79 Å². The molecule has 1 fully saturated rings. The number of carbonyl (C=O) groups is 1. The third kappa shape index (κ3) is 3.62. The molecule has 1 aliphatic carbocycles. The van der Waals surface area contributed by atoms with Crippen LogP contribution in [0, 0.1) is 13.8 Å². The number of benzene rings is 1. The molecule has 0 radical (unpaired) electrons. The summed E-state index contributed by atoms with van der Waals surface area (Å²) in [5, 5.41) is 11.9. The first-order valence-electron chi connectivity index (χ1n) is 9.07. The van der Waals surface area contributed by atoms with Gasteiger partial charge in [-0.15, -0.1) is 10.2 Å². The number of anilines is 1. The van der Waals surface area contributed by atoms with Crippen LogP contribution in [0.2, 0.25) is 5.02 Å². The Labute approximate surface area is 162 Å². The molecule has 0 bridgehead atoms. The second-order valence-corrected chi connectivity index (χ2v) is 7.44. The first-order valence-corrected chi connectivity index (χ1v) is 9.45. The molecule has 4 rings (SSSR count). The molecule has 2 heterocycles. The summed E-state index contributed by atoms with van der Waals surface area (Å²) in [6.07, 6.45) is 3.45. The van der Waals surface area contributed by atoms with E-state index in [1.54, 1.807) is 18.2 Å². The van der Waals surface area contributed by atoms with Gasteiger partial charge in [0.05, 0.1) is 5.56 Å². The summed E-state index contributed by atoms with van der Waals surface area (Å²) in [5.74, 6) is 1.52. The zero-order valence-corrected chi connectivity index (χ0v) is 16.1. The van der Waals surface area contributed by atoms with E-state index >= 15 is 0 Å². The SMILES string of the molecule is Cc1cc(-c2nnc(C3CCC3)o2)c(C)n1CC(=O)Nc1cccc(Cl)c1. The number of carbonyl (C=O) groups excluding carboxylic acids is 1. The highest BCUT2D eigenvalue weighted by Gasteiger charge is 2.26. The molecule has 1 amide bonds. The maximum absolute atomic E-state index is 12.5. The Morgan fingerprint density at radius 2 is 2.11 bits per heavy atom. The van der Waals surface area contributed by atoms with Crippen LogP contribution in [-0.2, 0) is 11.3 Å². The van der Waals surface area contributed by atoms with E-state index in [-0.39, 0.29) is 12.5 Å². The van der Waals surface area contributed by atoms with E-state index in [1.165, 1.54) is 6.42 Å². The lowest BCUT2D eigenvalue weighted by atomic mass is 9.85. The standard InChI is InChI=1S/C20H21ClN4O2/c1-12-9-17(20-24-23-19(27-20)14-5-3-6-14)13(2)25(12)11-18(26)22-16-8-4-7-15(21)10-16/h4,7-10,14H,3,5-6,11H2,1-2H3,(H,22,26). The summed E-state index contributed by atoms with van der Waals surface area (Å²) < 4.78 is 7.83. The Kier molecular flexibility index (Phi) is 4.74. The molecule has 3 aromatic rings. The Balaban J connectivity index is 1.52. The van der Waals surface area contributed by atoms with Crippen molar-refractivity contribution in [1.29, 1.82) is 0 Å². The maximum atomic E-state index is 12.5. The van der Waals surface area contributed by atoms with Gasteiger partial charge < -0.3 is 14.3 Å². The highest BCUT2D eigenvalue weighted by atomic mass is 35.5. The van der Waals surface area contributed by atoms with Crippen LogP contribution in [0.4, 0.5) is 5.69 Å². The fourth-order valence-electron chi connectivity index (χ4n) is 3.33. The lowest BCUT2D eigenvalue weighted by molar-refractivity contribution is -0.116. The summed E-state index contributed by atoms with van der Waals surface area (Å²) in [6.45, 7) is 4.13. The van der Waals surface area contributed by atoms with Gasteiger partial charge in [0.25, 0.3) is 0 Å². The third-order valence-electron chi connectivity index (χ3n) is 5.11. The molecule has 1 aliphatic rings. The number of nitrogens with zero attached hydrogens (tertiary/aromatic N) is 3. The van der Waals surface area contributed by atoms with E-state index in [2.05, 4.69) is 15.5 Å². The lowest BCUT2D eigenvalue weighted by Crippen LogP contribution is -2.20. The largest absolute Gasteiger partial charge is 0.420 e. The average molecular weight is 385 g/mol. The number of aryl methyl sites for hydroxylation is 1. The fourth-order valence-corrected chi connectivity index (χ4v) is 3.53. The van der Waals surface area contributed by atoms with Crippen molar-refractivity contribution in [2.75, 3.05) is 5.32 Å². The van der Waals surface area contributed by atoms with Gasteiger partial charge in [-0.05, 0) is 51.0 Å². The van der Waals surface area contributed by atoms with Crippen LogP contribution < -0.4 is 5.32 Å². The summed E-state index contributed by atoms with van der Waals surface area (Å²) in [5.41, 5.74) is 3.45. The molecule has 140 valence electrons. The van der Waals surface area contributed by atoms with E-state index in [4.69, 9.17) is 16.0 Å². The second-order valence-electron chi connectivity index (χ2n) is 7.00. The lowest BCUT2D eigenvalue weighted by Gasteiger charge is -2.20. The Morgan fingerprint density at radius 3 is 2.81 bits per heavy atom. The van der Waals surface area contributed by atoms with Crippen molar-refractivity contribution in [3.63, 3.8) is 0 Å². The Bertz CT molecular complexity index is 988. The summed E-state index contributed by atoms with van der Waals surface area (Å²) >= 11 is 5.97. The summed E-state index contributed by atoms with van der Waals surface area (Å²) in [4.78, 5) is 12.5. The van der Waals surface area contributed by atoms with E-state index < -0.39 is 0 Å². The van der Waals surface area contributed by atoms with Crippen LogP contribution in [0.5, 0.6) is 0 Å². The van der Waals surface area contributed by atoms with Crippen molar-refractivity contribution < 1.29 is 9.21 Å². The topological polar surface area (TPSA) is 73.0 Å². The minimum atomic E-state index is -0.119. The van der Waals surface area contributed by atoms with Crippen LogP contribution in [0.15, 0.2) is 34.7 Å². The van der Waals surface area contributed by atoms with Gasteiger partial charge in [0.2, 0.25) is 17.7 Å². The average Bonchev–Trinajstić information content (AvgIpc) is 3.13. The highest BCUT2D eigenvalue weighted by molar-refractivity contribution is 6.30. The molecule has 1 aromatic carbocycles. The molecule has 2 aromatic heterocycles. The first kappa shape index (κ1) is 17.8. The molecule has 0 atom stereocenters. The maximum Gasteiger partial charge on any atom is 0.249 e. The molecule has 1 N–H and O–H groups in total. The van der Waals surface area contributed by atoms with E-state index in [0.717, 1.165) is 35.7 Å². The number of halogens is 1. The Morgan fingerprint density at radius 1 is 1.30 bits per heavy atom. The number of nitrogens with one attached hydrogen (secondary N) is 1. The quantitative estimate of drug-likeness (QED) is 0.691. The molecule has 0 aliphatic heterocycles. The zero-order valence-electron chi connectivity index (χ0n) is 15.3. The molecule has 27 heavy (non-hydrogen) atoms. The van der Waals surface area contributed by atoms with Gasteiger partial charge in [-0.3, -0.25) is 4.79 Å². The van der Waals surface area contributed by atoms with Crippen LogP contribution in [0.25, 0.3) is 11.5 Å². The molecule has 6 nitrogen and oxygen atoms in total. The van der Waals surface area contributed by atoms with Crippen molar-refractivity contribution >= 4 is 23.2 Å². The van der Waals surface area contributed by atoms with Gasteiger partial charge in [-0.1, -0.05) is 24.1 Å². The third-order valence-corrected chi connectivity index (χ3v) is 5.34. The normalized spacial score (nSPS) is 14.2. The molecular formula is C20H21ClN4O2. The number of hydrogen-bond donors (Lipinski definition) is 1. The predicted molar refractivity (Wildman–Crippen MR) is 104 cm³/mol. The van der Waals surface area contributed by atoms with Crippen molar-refractivity contribution in [1.82, 2.24) is 14.8 Å². The number of rotatable bonds is 5. The molecule has 0 saturated heterocycles. The zero-order chi connectivity index (χ0) is 19.0. The smallest absolute Gasteiger partial charge is 0.249 e. The van der Waals surface area contributed by atoms with Crippen molar-refractivity contribution in [3.8, 4) is 11.5 Å². The van der Waals surface area contributed by atoms with Crippen molar-refractivity contribution in [2.24, 2.45) is 0 Å². The Hall–Kier alpha value is -2.60. The van der Waals surface area contributed by atoms with E-state index in [0.29, 0.717) is 22.5 Å². The van der Waals surface area contributed by atoms with Gasteiger partial charge in [0, 0.05) is 28.0 Å². The monoisotopic (exact) mass is 384 g/mol. The highest BCUT2D eigenvalue weighted by Crippen LogP contribution is 2.37.